The van der Waals surface area contributed by atoms with Gasteiger partial charge in [0.05, 0.1) is 13.1 Å². The van der Waals surface area contributed by atoms with Crippen LogP contribution in [0.5, 0.6) is 5.75 Å². The summed E-state index contributed by atoms with van der Waals surface area (Å²) >= 11 is 0. The van der Waals surface area contributed by atoms with Crippen LogP contribution in [-0.2, 0) is 14.3 Å². The van der Waals surface area contributed by atoms with Gasteiger partial charge in [0.2, 0.25) is 0 Å². The minimum absolute atomic E-state index is 0.0313. The van der Waals surface area contributed by atoms with Crippen LogP contribution in [-0.4, -0.2) is 56.4 Å². The predicted molar refractivity (Wildman–Crippen MR) is 91.2 cm³/mol. The van der Waals surface area contributed by atoms with E-state index in [0.29, 0.717) is 19.0 Å². The van der Waals surface area contributed by atoms with Crippen molar-refractivity contribution in [1.82, 2.24) is 4.90 Å². The van der Waals surface area contributed by atoms with Crippen molar-refractivity contribution in [3.63, 3.8) is 0 Å². The largest absolute Gasteiger partial charge is 0.484 e. The van der Waals surface area contributed by atoms with Crippen LogP contribution < -0.4 is 4.74 Å². The number of hydrogen-bond acceptors (Lipinski definition) is 4. The Morgan fingerprint density at radius 3 is 2.79 bits per heavy atom. The second-order valence-corrected chi connectivity index (χ2v) is 7.02. The maximum atomic E-state index is 12.3. The van der Waals surface area contributed by atoms with Gasteiger partial charge in [0.15, 0.2) is 6.61 Å². The Kier molecular flexibility index (Phi) is 5.41. The van der Waals surface area contributed by atoms with E-state index in [-0.39, 0.29) is 18.1 Å². The van der Waals surface area contributed by atoms with Gasteiger partial charge in [-0.15, -0.1) is 0 Å². The molecule has 1 aromatic carbocycles. The van der Waals surface area contributed by atoms with Gasteiger partial charge < -0.3 is 19.1 Å². The zero-order chi connectivity index (χ0) is 17.0. The molecule has 1 spiro atoms. The maximum Gasteiger partial charge on any atom is 0.260 e. The minimum atomic E-state index is -0.129. The number of methoxy groups -OCH3 is 1. The molecule has 1 amide bonds. The van der Waals surface area contributed by atoms with Crippen molar-refractivity contribution in [3.05, 3.63) is 29.8 Å². The first kappa shape index (κ1) is 17.2. The van der Waals surface area contributed by atoms with Crippen molar-refractivity contribution in [2.45, 2.75) is 31.8 Å². The van der Waals surface area contributed by atoms with Crippen molar-refractivity contribution < 1.29 is 19.0 Å². The van der Waals surface area contributed by atoms with Crippen LogP contribution in [0, 0.1) is 12.8 Å². The molecule has 2 heterocycles. The zero-order valence-electron chi connectivity index (χ0n) is 14.6. The normalized spacial score (nSPS) is 22.2. The number of carbonyl (C=O) groups excluding carboxylic acids is 1. The van der Waals surface area contributed by atoms with Crippen LogP contribution in [0.25, 0.3) is 0 Å². The molecule has 2 fully saturated rings. The number of amides is 1. The van der Waals surface area contributed by atoms with Crippen LogP contribution >= 0.6 is 0 Å². The molecule has 0 aromatic heterocycles. The third kappa shape index (κ3) is 4.08. The first-order valence-corrected chi connectivity index (χ1v) is 8.70. The molecular weight excluding hydrogens is 306 g/mol. The average Bonchev–Trinajstić information content (AvgIpc) is 2.57. The molecule has 2 saturated heterocycles. The lowest BCUT2D eigenvalue weighted by atomic mass is 9.79. The Labute approximate surface area is 143 Å². The first-order valence-electron chi connectivity index (χ1n) is 8.70. The van der Waals surface area contributed by atoms with Crippen molar-refractivity contribution in [1.29, 1.82) is 0 Å². The fourth-order valence-corrected chi connectivity index (χ4v) is 3.58. The molecule has 2 aliphatic heterocycles. The van der Waals surface area contributed by atoms with Crippen LogP contribution in [0.15, 0.2) is 24.3 Å². The van der Waals surface area contributed by atoms with Gasteiger partial charge in [0.1, 0.15) is 11.4 Å². The maximum absolute atomic E-state index is 12.3. The van der Waals surface area contributed by atoms with Crippen LogP contribution in [0.4, 0.5) is 0 Å². The van der Waals surface area contributed by atoms with E-state index in [1.165, 1.54) is 5.56 Å². The number of hydrogen-bond donors (Lipinski definition) is 0. The van der Waals surface area contributed by atoms with Crippen LogP contribution in [0.2, 0.25) is 0 Å². The monoisotopic (exact) mass is 333 g/mol. The molecule has 5 heteroatoms. The van der Waals surface area contributed by atoms with Gasteiger partial charge in [-0.05, 0) is 44.2 Å². The Balaban J connectivity index is 1.43. The molecule has 0 bridgehead atoms. The van der Waals surface area contributed by atoms with E-state index >= 15 is 0 Å². The predicted octanol–water partition coefficient (Wildman–Crippen LogP) is 2.42. The summed E-state index contributed by atoms with van der Waals surface area (Å²) in [7, 11) is 1.74. The van der Waals surface area contributed by atoms with Gasteiger partial charge in [0.25, 0.3) is 5.91 Å². The minimum Gasteiger partial charge on any atom is -0.484 e. The molecule has 24 heavy (non-hydrogen) atoms. The van der Waals surface area contributed by atoms with E-state index < -0.39 is 0 Å². The molecule has 0 radical (unpaired) electrons. The Bertz CT molecular complexity index is 551. The Morgan fingerprint density at radius 2 is 2.08 bits per heavy atom. The van der Waals surface area contributed by atoms with E-state index in [2.05, 4.69) is 0 Å². The number of rotatable bonds is 6. The fourth-order valence-electron chi connectivity index (χ4n) is 3.58. The number of likely N-dealkylation sites (tertiary alicyclic amines) is 1. The molecule has 5 nitrogen and oxygen atoms in total. The zero-order valence-corrected chi connectivity index (χ0v) is 14.6. The van der Waals surface area contributed by atoms with Gasteiger partial charge in [-0.2, -0.15) is 0 Å². The lowest BCUT2D eigenvalue weighted by molar-refractivity contribution is -0.190. The summed E-state index contributed by atoms with van der Waals surface area (Å²) in [5.41, 5.74) is 1.05. The van der Waals surface area contributed by atoms with Crippen LogP contribution in [0.3, 0.4) is 0 Å². The molecule has 1 unspecified atom stereocenters. The second kappa shape index (κ2) is 7.53. The first-order chi connectivity index (χ1) is 11.6. The number of carbonyl (C=O) groups is 1. The molecule has 0 saturated carbocycles. The SMILES string of the molecule is COCCC1CCOC2(C1)CN(C(=O)COc1ccc(C)cc1)C2. The lowest BCUT2D eigenvalue weighted by Gasteiger charge is -2.53. The molecule has 3 rings (SSSR count). The molecule has 132 valence electrons. The number of ether oxygens (including phenoxy) is 3. The fraction of sp³-hybridized carbons (Fsp3) is 0.632. The van der Waals surface area contributed by atoms with Crippen molar-refractivity contribution >= 4 is 5.91 Å². The highest BCUT2D eigenvalue weighted by atomic mass is 16.5. The molecule has 0 N–H and O–H groups in total. The number of benzene rings is 1. The van der Waals surface area contributed by atoms with Gasteiger partial charge in [-0.3, -0.25) is 4.79 Å². The lowest BCUT2D eigenvalue weighted by Crippen LogP contribution is -2.67. The Hall–Kier alpha value is -1.59. The van der Waals surface area contributed by atoms with E-state index in [1.807, 2.05) is 36.1 Å². The van der Waals surface area contributed by atoms with Gasteiger partial charge in [0, 0.05) is 20.3 Å². The third-order valence-electron chi connectivity index (χ3n) is 5.02. The summed E-state index contributed by atoms with van der Waals surface area (Å²) in [6.07, 6.45) is 3.20. The highest BCUT2D eigenvalue weighted by Crippen LogP contribution is 2.38. The summed E-state index contributed by atoms with van der Waals surface area (Å²) in [6, 6.07) is 7.75. The van der Waals surface area contributed by atoms with Gasteiger partial charge in [-0.25, -0.2) is 0 Å². The molecule has 0 aliphatic carbocycles. The van der Waals surface area contributed by atoms with Crippen LogP contribution in [0.1, 0.15) is 24.8 Å². The summed E-state index contributed by atoms with van der Waals surface area (Å²) in [5, 5.41) is 0. The molecule has 1 aromatic rings. The summed E-state index contributed by atoms with van der Waals surface area (Å²) in [6.45, 7) is 5.08. The average molecular weight is 333 g/mol. The smallest absolute Gasteiger partial charge is 0.260 e. The van der Waals surface area contributed by atoms with E-state index in [9.17, 15) is 4.79 Å². The summed E-state index contributed by atoms with van der Waals surface area (Å²) in [5.74, 6) is 1.40. The van der Waals surface area contributed by atoms with Gasteiger partial charge in [-0.1, -0.05) is 17.7 Å². The van der Waals surface area contributed by atoms with E-state index in [4.69, 9.17) is 14.2 Å². The molecule has 2 aliphatic rings. The van der Waals surface area contributed by atoms with E-state index in [0.717, 1.165) is 38.2 Å². The quantitative estimate of drug-likeness (QED) is 0.802. The highest BCUT2D eigenvalue weighted by Gasteiger charge is 2.49. The van der Waals surface area contributed by atoms with Crippen molar-refractivity contribution in [3.8, 4) is 5.75 Å². The molecular formula is C19H27NO4. The standard InChI is InChI=1S/C19H27NO4/c1-15-3-5-17(6-4-15)23-12-18(21)20-13-19(14-20)11-16(7-9-22-2)8-10-24-19/h3-6,16H,7-14H2,1-2H3. The van der Waals surface area contributed by atoms with Crippen molar-refractivity contribution in [2.75, 3.05) is 40.0 Å². The molecule has 1 atom stereocenters. The van der Waals surface area contributed by atoms with Crippen molar-refractivity contribution in [2.24, 2.45) is 5.92 Å². The summed E-state index contributed by atoms with van der Waals surface area (Å²) in [4.78, 5) is 14.1. The number of aryl methyl sites for hydroxylation is 1. The van der Waals surface area contributed by atoms with E-state index in [1.54, 1.807) is 7.11 Å². The topological polar surface area (TPSA) is 48.0 Å². The second-order valence-electron chi connectivity index (χ2n) is 7.02. The highest BCUT2D eigenvalue weighted by molar-refractivity contribution is 5.79. The Morgan fingerprint density at radius 1 is 1.33 bits per heavy atom. The van der Waals surface area contributed by atoms with Gasteiger partial charge >= 0.3 is 0 Å². The number of nitrogens with zero attached hydrogens (tertiary/aromatic N) is 1. The third-order valence-corrected chi connectivity index (χ3v) is 5.02. The summed E-state index contributed by atoms with van der Waals surface area (Å²) < 4.78 is 16.8.